The van der Waals surface area contributed by atoms with Gasteiger partial charge in [-0.1, -0.05) is 52.3 Å². The Morgan fingerprint density at radius 3 is 2.48 bits per heavy atom. The maximum absolute atomic E-state index is 12.4. The average molecular weight is 309 g/mol. The molecule has 1 unspecified atom stereocenters. The SMILES string of the molecule is CCCCS(=O)c1ccccc1[C@@H](C)NC(=O)C(C)(C)C. The minimum Gasteiger partial charge on any atom is -0.349 e. The molecule has 2 atom stereocenters. The highest BCUT2D eigenvalue weighted by atomic mass is 32.2. The van der Waals surface area contributed by atoms with Crippen LogP contribution in [0.5, 0.6) is 0 Å². The summed E-state index contributed by atoms with van der Waals surface area (Å²) in [7, 11) is -1.00. The number of unbranched alkanes of at least 4 members (excludes halogenated alkanes) is 1. The molecule has 0 saturated heterocycles. The van der Waals surface area contributed by atoms with E-state index in [0.29, 0.717) is 5.75 Å². The maximum Gasteiger partial charge on any atom is 0.225 e. The lowest BCUT2D eigenvalue weighted by Crippen LogP contribution is -2.36. The molecule has 0 aliphatic rings. The van der Waals surface area contributed by atoms with E-state index in [9.17, 15) is 9.00 Å². The smallest absolute Gasteiger partial charge is 0.225 e. The van der Waals surface area contributed by atoms with Crippen LogP contribution < -0.4 is 5.32 Å². The highest BCUT2D eigenvalue weighted by Crippen LogP contribution is 2.23. The number of rotatable bonds is 6. The summed E-state index contributed by atoms with van der Waals surface area (Å²) in [5, 5.41) is 3.01. The Labute approximate surface area is 131 Å². The van der Waals surface area contributed by atoms with Crippen LogP contribution in [0.25, 0.3) is 0 Å². The number of hydrogen-bond donors (Lipinski definition) is 1. The van der Waals surface area contributed by atoms with Gasteiger partial charge in [0.2, 0.25) is 5.91 Å². The first kappa shape index (κ1) is 17.9. The normalized spacial score (nSPS) is 14.5. The highest BCUT2D eigenvalue weighted by molar-refractivity contribution is 7.85. The van der Waals surface area contributed by atoms with Crippen molar-refractivity contribution in [2.45, 2.75) is 58.4 Å². The van der Waals surface area contributed by atoms with Crippen LogP contribution >= 0.6 is 0 Å². The van der Waals surface area contributed by atoms with E-state index in [1.54, 1.807) is 0 Å². The van der Waals surface area contributed by atoms with Crippen LogP contribution in [-0.2, 0) is 15.6 Å². The molecule has 0 radical (unpaired) electrons. The van der Waals surface area contributed by atoms with Gasteiger partial charge in [0.05, 0.1) is 16.8 Å². The molecule has 0 aromatic heterocycles. The first-order chi connectivity index (χ1) is 9.77. The van der Waals surface area contributed by atoms with E-state index in [4.69, 9.17) is 0 Å². The molecule has 3 nitrogen and oxygen atoms in total. The molecule has 1 aromatic carbocycles. The zero-order chi connectivity index (χ0) is 16.0. The second-order valence-corrected chi connectivity index (χ2v) is 7.93. The van der Waals surface area contributed by atoms with Gasteiger partial charge >= 0.3 is 0 Å². The lowest BCUT2D eigenvalue weighted by molar-refractivity contribution is -0.129. The van der Waals surface area contributed by atoms with Crippen LogP contribution in [0.4, 0.5) is 0 Å². The van der Waals surface area contributed by atoms with Crippen molar-refractivity contribution >= 4 is 16.7 Å². The zero-order valence-electron chi connectivity index (χ0n) is 13.7. The summed E-state index contributed by atoms with van der Waals surface area (Å²) in [6.07, 6.45) is 1.98. The molecular weight excluding hydrogens is 282 g/mol. The third-order valence-electron chi connectivity index (χ3n) is 3.34. The van der Waals surface area contributed by atoms with Crippen LogP contribution in [0.1, 0.15) is 59.1 Å². The van der Waals surface area contributed by atoms with Crippen LogP contribution in [0.3, 0.4) is 0 Å². The number of hydrogen-bond acceptors (Lipinski definition) is 2. The lowest BCUT2D eigenvalue weighted by atomic mass is 9.94. The molecule has 21 heavy (non-hydrogen) atoms. The Kier molecular flexibility index (Phi) is 6.59. The van der Waals surface area contributed by atoms with Crippen molar-refractivity contribution in [2.75, 3.05) is 5.75 Å². The van der Waals surface area contributed by atoms with Crippen molar-refractivity contribution in [1.29, 1.82) is 0 Å². The van der Waals surface area contributed by atoms with Crippen molar-refractivity contribution in [2.24, 2.45) is 5.41 Å². The largest absolute Gasteiger partial charge is 0.349 e. The van der Waals surface area contributed by atoms with Crippen LogP contribution in [0.2, 0.25) is 0 Å². The van der Waals surface area contributed by atoms with E-state index in [1.165, 1.54) is 0 Å². The van der Waals surface area contributed by atoms with E-state index in [2.05, 4.69) is 12.2 Å². The second kappa shape index (κ2) is 7.74. The molecule has 1 amide bonds. The lowest BCUT2D eigenvalue weighted by Gasteiger charge is -2.23. The summed E-state index contributed by atoms with van der Waals surface area (Å²) in [4.78, 5) is 13.0. The van der Waals surface area contributed by atoms with Gasteiger partial charge in [0.15, 0.2) is 0 Å². The second-order valence-electron chi connectivity index (χ2n) is 6.39. The standard InChI is InChI=1S/C17H27NO2S/c1-6-7-12-21(20)15-11-9-8-10-14(15)13(2)18-16(19)17(3,4)5/h8-11,13H,6-7,12H2,1-5H3,(H,18,19)/t13-,21?/m1/s1. The Morgan fingerprint density at radius 1 is 1.29 bits per heavy atom. The van der Waals surface area contributed by atoms with Gasteiger partial charge in [-0.05, 0) is 25.0 Å². The molecule has 0 aliphatic carbocycles. The molecule has 118 valence electrons. The quantitative estimate of drug-likeness (QED) is 0.868. The minimum atomic E-state index is -1.00. The summed E-state index contributed by atoms with van der Waals surface area (Å²) in [6.45, 7) is 9.70. The first-order valence-electron chi connectivity index (χ1n) is 7.55. The summed E-state index contributed by atoms with van der Waals surface area (Å²) in [5.41, 5.74) is 0.523. The predicted octanol–water partition coefficient (Wildman–Crippen LogP) is 3.82. The predicted molar refractivity (Wildman–Crippen MR) is 88.6 cm³/mol. The van der Waals surface area contributed by atoms with Crippen molar-refractivity contribution in [3.05, 3.63) is 29.8 Å². The fraction of sp³-hybridized carbons (Fsp3) is 0.588. The maximum atomic E-state index is 12.4. The molecule has 0 saturated carbocycles. The minimum absolute atomic E-state index is 0.00384. The molecule has 4 heteroatoms. The number of benzene rings is 1. The summed E-state index contributed by atoms with van der Waals surface area (Å²) in [5.74, 6) is 0.678. The van der Waals surface area contributed by atoms with Crippen LogP contribution in [0.15, 0.2) is 29.2 Å². The van der Waals surface area contributed by atoms with Gasteiger partial charge < -0.3 is 5.32 Å². The van der Waals surface area contributed by atoms with Gasteiger partial charge in [-0.25, -0.2) is 0 Å². The molecular formula is C17H27NO2S. The summed E-state index contributed by atoms with van der Waals surface area (Å²) in [6, 6.07) is 7.54. The van der Waals surface area contributed by atoms with Gasteiger partial charge in [0.25, 0.3) is 0 Å². The number of carbonyl (C=O) groups is 1. The number of carbonyl (C=O) groups excluding carboxylic acids is 1. The van der Waals surface area contributed by atoms with E-state index in [-0.39, 0.29) is 11.9 Å². The first-order valence-corrected chi connectivity index (χ1v) is 8.87. The third kappa shape index (κ3) is 5.27. The Balaban J connectivity index is 2.92. The van der Waals surface area contributed by atoms with Crippen LogP contribution in [0, 0.1) is 5.41 Å². The summed E-state index contributed by atoms with van der Waals surface area (Å²) < 4.78 is 12.4. The Bertz CT molecular complexity index is 506. The van der Waals surface area contributed by atoms with Crippen molar-refractivity contribution in [3.8, 4) is 0 Å². The summed E-state index contributed by atoms with van der Waals surface area (Å²) >= 11 is 0. The zero-order valence-corrected chi connectivity index (χ0v) is 14.5. The molecule has 1 rings (SSSR count). The number of nitrogens with one attached hydrogen (secondary N) is 1. The molecule has 0 fully saturated rings. The van der Waals surface area contributed by atoms with Crippen LogP contribution in [-0.4, -0.2) is 15.9 Å². The van der Waals surface area contributed by atoms with E-state index >= 15 is 0 Å². The van der Waals surface area contributed by atoms with Gasteiger partial charge in [-0.2, -0.15) is 0 Å². The molecule has 0 bridgehead atoms. The molecule has 1 aromatic rings. The third-order valence-corrected chi connectivity index (χ3v) is 4.86. The Morgan fingerprint density at radius 2 is 1.90 bits per heavy atom. The molecule has 0 heterocycles. The van der Waals surface area contributed by atoms with E-state index in [0.717, 1.165) is 23.3 Å². The van der Waals surface area contributed by atoms with Gasteiger partial charge in [0, 0.05) is 16.1 Å². The van der Waals surface area contributed by atoms with E-state index < -0.39 is 16.2 Å². The fourth-order valence-corrected chi connectivity index (χ4v) is 3.43. The average Bonchev–Trinajstić information content (AvgIpc) is 2.43. The van der Waals surface area contributed by atoms with Gasteiger partial charge in [-0.15, -0.1) is 0 Å². The van der Waals surface area contributed by atoms with Gasteiger partial charge in [0.1, 0.15) is 0 Å². The van der Waals surface area contributed by atoms with Crippen molar-refractivity contribution < 1.29 is 9.00 Å². The number of amides is 1. The molecule has 1 N–H and O–H groups in total. The highest BCUT2D eigenvalue weighted by Gasteiger charge is 2.24. The molecule has 0 aliphatic heterocycles. The monoisotopic (exact) mass is 309 g/mol. The van der Waals surface area contributed by atoms with E-state index in [1.807, 2.05) is 52.0 Å². The fourth-order valence-electron chi connectivity index (χ4n) is 1.92. The Hall–Kier alpha value is -1.16. The topological polar surface area (TPSA) is 46.2 Å². The van der Waals surface area contributed by atoms with Crippen molar-refractivity contribution in [3.63, 3.8) is 0 Å². The van der Waals surface area contributed by atoms with Crippen molar-refractivity contribution in [1.82, 2.24) is 5.32 Å². The molecule has 0 spiro atoms. The van der Waals surface area contributed by atoms with Gasteiger partial charge in [-0.3, -0.25) is 9.00 Å².